The highest BCUT2D eigenvalue weighted by molar-refractivity contribution is 5.76. The molecule has 0 saturated carbocycles. The predicted molar refractivity (Wildman–Crippen MR) is 51.4 cm³/mol. The molecule has 0 aromatic carbocycles. The van der Waals surface area contributed by atoms with Crippen molar-refractivity contribution in [3.63, 3.8) is 0 Å². The van der Waals surface area contributed by atoms with Crippen LogP contribution in [-0.2, 0) is 4.79 Å². The van der Waals surface area contributed by atoms with Crippen LogP contribution in [0.1, 0.15) is 12.8 Å². The first-order chi connectivity index (χ1) is 6.59. The zero-order valence-electron chi connectivity index (χ0n) is 8.03. The molecule has 5 N–H and O–H groups in total. The van der Waals surface area contributed by atoms with Gasteiger partial charge in [-0.3, -0.25) is 4.79 Å². The van der Waals surface area contributed by atoms with Crippen LogP contribution in [0.25, 0.3) is 0 Å². The first-order valence-electron chi connectivity index (χ1n) is 4.65. The number of primary amides is 2. The number of hydrogen-bond donors (Lipinski definition) is 3. The Labute approximate surface area is 82.6 Å². The molecule has 0 bridgehead atoms. The van der Waals surface area contributed by atoms with Crippen LogP contribution in [0.4, 0.5) is 4.79 Å². The molecule has 1 aliphatic heterocycles. The summed E-state index contributed by atoms with van der Waals surface area (Å²) < 4.78 is 0. The quantitative estimate of drug-likeness (QED) is 0.522. The summed E-state index contributed by atoms with van der Waals surface area (Å²) in [5.41, 5.74) is 10.2. The number of carbonyl (C=O) groups excluding carboxylic acids is 2. The summed E-state index contributed by atoms with van der Waals surface area (Å²) in [5.74, 6) is -0.388. The van der Waals surface area contributed by atoms with E-state index in [0.29, 0.717) is 13.1 Å². The van der Waals surface area contributed by atoms with Crippen LogP contribution in [-0.4, -0.2) is 42.5 Å². The Morgan fingerprint density at radius 3 is 2.71 bits per heavy atom. The lowest BCUT2D eigenvalue weighted by molar-refractivity contribution is -0.117. The topological polar surface area (TPSA) is 101 Å². The number of likely N-dealkylation sites (tertiary alicyclic amines) is 1. The van der Waals surface area contributed by atoms with Gasteiger partial charge in [0, 0.05) is 19.1 Å². The van der Waals surface area contributed by atoms with Crippen molar-refractivity contribution in [3.05, 3.63) is 0 Å². The standard InChI is InChI=1S/C8H16N4O2/c9-7(13)4-11-6-2-1-3-12(5-6)8(10)14/h6,11H,1-5H2,(H2,9,13)(H2,10,14). The van der Waals surface area contributed by atoms with Gasteiger partial charge in [0.25, 0.3) is 0 Å². The lowest BCUT2D eigenvalue weighted by Gasteiger charge is -2.31. The van der Waals surface area contributed by atoms with Gasteiger partial charge in [0.15, 0.2) is 0 Å². The molecular formula is C8H16N4O2. The molecule has 1 atom stereocenters. The summed E-state index contributed by atoms with van der Waals surface area (Å²) in [5, 5.41) is 2.98. The SMILES string of the molecule is NC(=O)CNC1CCCN(C(N)=O)C1. The Kier molecular flexibility index (Phi) is 3.70. The molecule has 0 spiro atoms. The lowest BCUT2D eigenvalue weighted by atomic mass is 10.1. The normalized spacial score (nSPS) is 22.0. The summed E-state index contributed by atoms with van der Waals surface area (Å²) in [6.07, 6.45) is 1.84. The van der Waals surface area contributed by atoms with Gasteiger partial charge in [0.05, 0.1) is 6.54 Å². The molecule has 1 saturated heterocycles. The van der Waals surface area contributed by atoms with Crippen LogP contribution in [0.2, 0.25) is 0 Å². The number of piperidine rings is 1. The number of nitrogens with one attached hydrogen (secondary N) is 1. The molecule has 6 heteroatoms. The van der Waals surface area contributed by atoms with Gasteiger partial charge in [0.1, 0.15) is 0 Å². The summed E-state index contributed by atoms with van der Waals surface area (Å²) >= 11 is 0. The lowest BCUT2D eigenvalue weighted by Crippen LogP contribution is -2.51. The van der Waals surface area contributed by atoms with Crippen LogP contribution in [0.5, 0.6) is 0 Å². The molecule has 1 rings (SSSR count). The minimum atomic E-state index is -0.407. The van der Waals surface area contributed by atoms with Crippen molar-refractivity contribution in [2.24, 2.45) is 11.5 Å². The van der Waals surface area contributed by atoms with E-state index in [2.05, 4.69) is 5.32 Å². The average molecular weight is 200 g/mol. The zero-order chi connectivity index (χ0) is 10.6. The van der Waals surface area contributed by atoms with E-state index >= 15 is 0 Å². The van der Waals surface area contributed by atoms with Gasteiger partial charge in [-0.15, -0.1) is 0 Å². The van der Waals surface area contributed by atoms with E-state index in [9.17, 15) is 9.59 Å². The molecule has 14 heavy (non-hydrogen) atoms. The number of rotatable bonds is 3. The predicted octanol–water partition coefficient (Wildman–Crippen LogP) is -1.40. The Morgan fingerprint density at radius 2 is 2.14 bits per heavy atom. The molecule has 1 aliphatic rings. The highest BCUT2D eigenvalue weighted by atomic mass is 16.2. The molecule has 0 aliphatic carbocycles. The van der Waals surface area contributed by atoms with Gasteiger partial charge in [-0.1, -0.05) is 0 Å². The Balaban J connectivity index is 2.32. The summed E-state index contributed by atoms with van der Waals surface area (Å²) in [6.45, 7) is 1.41. The number of carbonyl (C=O) groups is 2. The molecule has 80 valence electrons. The van der Waals surface area contributed by atoms with Crippen LogP contribution in [0, 0.1) is 0 Å². The number of nitrogens with two attached hydrogens (primary N) is 2. The van der Waals surface area contributed by atoms with Gasteiger partial charge in [-0.25, -0.2) is 4.79 Å². The number of urea groups is 1. The van der Waals surface area contributed by atoms with Gasteiger partial charge < -0.3 is 21.7 Å². The number of amides is 3. The van der Waals surface area contributed by atoms with Crippen molar-refractivity contribution in [1.29, 1.82) is 0 Å². The Bertz CT molecular complexity index is 231. The average Bonchev–Trinajstić information content (AvgIpc) is 2.15. The smallest absolute Gasteiger partial charge is 0.314 e. The fourth-order valence-corrected chi connectivity index (χ4v) is 1.59. The number of nitrogens with zero attached hydrogens (tertiary/aromatic N) is 1. The van der Waals surface area contributed by atoms with Crippen molar-refractivity contribution in [2.45, 2.75) is 18.9 Å². The maximum atomic E-state index is 10.9. The summed E-state index contributed by atoms with van der Waals surface area (Å²) in [6, 6.07) is -0.278. The van der Waals surface area contributed by atoms with E-state index < -0.39 is 6.03 Å². The highest BCUT2D eigenvalue weighted by Crippen LogP contribution is 2.08. The monoisotopic (exact) mass is 200 g/mol. The van der Waals surface area contributed by atoms with Gasteiger partial charge in [0.2, 0.25) is 5.91 Å². The zero-order valence-corrected chi connectivity index (χ0v) is 8.03. The molecule has 6 nitrogen and oxygen atoms in total. The third kappa shape index (κ3) is 3.21. The third-order valence-electron chi connectivity index (χ3n) is 2.30. The van der Waals surface area contributed by atoms with E-state index in [0.717, 1.165) is 12.8 Å². The van der Waals surface area contributed by atoms with E-state index in [1.165, 1.54) is 0 Å². The fraction of sp³-hybridized carbons (Fsp3) is 0.750. The van der Waals surface area contributed by atoms with E-state index in [1.807, 2.05) is 0 Å². The first kappa shape index (κ1) is 10.8. The summed E-state index contributed by atoms with van der Waals surface area (Å²) in [7, 11) is 0. The second kappa shape index (κ2) is 4.80. The van der Waals surface area contributed by atoms with Gasteiger partial charge in [-0.2, -0.15) is 0 Å². The third-order valence-corrected chi connectivity index (χ3v) is 2.30. The molecule has 0 aromatic heterocycles. The van der Waals surface area contributed by atoms with Crippen LogP contribution in [0.3, 0.4) is 0 Å². The molecule has 1 heterocycles. The maximum Gasteiger partial charge on any atom is 0.314 e. The largest absolute Gasteiger partial charge is 0.369 e. The molecule has 1 fully saturated rings. The fourth-order valence-electron chi connectivity index (χ4n) is 1.59. The second-order valence-electron chi connectivity index (χ2n) is 3.47. The van der Waals surface area contributed by atoms with E-state index in [-0.39, 0.29) is 18.5 Å². The maximum absolute atomic E-state index is 10.9. The van der Waals surface area contributed by atoms with Crippen molar-refractivity contribution in [3.8, 4) is 0 Å². The molecule has 1 unspecified atom stereocenters. The van der Waals surface area contributed by atoms with Crippen LogP contribution < -0.4 is 16.8 Å². The van der Waals surface area contributed by atoms with Crippen molar-refractivity contribution in [2.75, 3.05) is 19.6 Å². The second-order valence-corrected chi connectivity index (χ2v) is 3.47. The van der Waals surface area contributed by atoms with Gasteiger partial charge >= 0.3 is 6.03 Å². The molecule has 0 aromatic rings. The molecule has 0 radical (unpaired) electrons. The van der Waals surface area contributed by atoms with E-state index in [1.54, 1.807) is 4.90 Å². The first-order valence-corrected chi connectivity index (χ1v) is 4.65. The van der Waals surface area contributed by atoms with Gasteiger partial charge in [-0.05, 0) is 12.8 Å². The Hall–Kier alpha value is -1.30. The van der Waals surface area contributed by atoms with Crippen LogP contribution in [0.15, 0.2) is 0 Å². The Morgan fingerprint density at radius 1 is 1.43 bits per heavy atom. The highest BCUT2D eigenvalue weighted by Gasteiger charge is 2.21. The summed E-state index contributed by atoms with van der Waals surface area (Å²) in [4.78, 5) is 23.0. The van der Waals surface area contributed by atoms with Crippen molar-refractivity contribution in [1.82, 2.24) is 10.2 Å². The van der Waals surface area contributed by atoms with Crippen molar-refractivity contribution >= 4 is 11.9 Å². The minimum absolute atomic E-state index is 0.128. The minimum Gasteiger partial charge on any atom is -0.369 e. The number of hydrogen-bond acceptors (Lipinski definition) is 3. The molecular weight excluding hydrogens is 184 g/mol. The van der Waals surface area contributed by atoms with E-state index in [4.69, 9.17) is 11.5 Å². The van der Waals surface area contributed by atoms with Crippen molar-refractivity contribution < 1.29 is 9.59 Å². The molecule has 3 amide bonds. The van der Waals surface area contributed by atoms with Crippen LogP contribution >= 0.6 is 0 Å².